The summed E-state index contributed by atoms with van der Waals surface area (Å²) in [7, 11) is -0.201. The lowest BCUT2D eigenvalue weighted by Crippen LogP contribution is -2.47. The molecule has 11 heteroatoms. The maximum atomic E-state index is 13.5. The lowest BCUT2D eigenvalue weighted by molar-refractivity contribution is -0.151. The van der Waals surface area contributed by atoms with Crippen molar-refractivity contribution in [1.82, 2.24) is 14.0 Å². The minimum absolute atomic E-state index is 0.133. The number of likely N-dealkylation sites (tertiary alicyclic amines) is 1. The van der Waals surface area contributed by atoms with Gasteiger partial charge in [-0.3, -0.25) is 27.8 Å². The first-order chi connectivity index (χ1) is 18.1. The van der Waals surface area contributed by atoms with Crippen molar-refractivity contribution in [3.8, 4) is 5.75 Å². The Hall–Kier alpha value is -3.44. The third-order valence-electron chi connectivity index (χ3n) is 7.63. The zero-order chi connectivity index (χ0) is 27.2. The Bertz CT molecular complexity index is 1550. The number of hydrogen-bond donors (Lipinski definition) is 0. The summed E-state index contributed by atoms with van der Waals surface area (Å²) in [6.07, 6.45) is 3.10. The summed E-state index contributed by atoms with van der Waals surface area (Å²) in [6, 6.07) is 12.2. The molecule has 1 atom stereocenters. The first kappa shape index (κ1) is 26.2. The fourth-order valence-electron chi connectivity index (χ4n) is 5.44. The monoisotopic (exact) mass is 541 g/mol. The van der Waals surface area contributed by atoms with E-state index >= 15 is 0 Å². The van der Waals surface area contributed by atoms with E-state index in [1.165, 1.54) is 9.47 Å². The van der Waals surface area contributed by atoms with Gasteiger partial charge in [0.05, 0.1) is 37.6 Å². The summed E-state index contributed by atoms with van der Waals surface area (Å²) in [4.78, 5) is 40.8. The fraction of sp³-hybridized carbons (Fsp3) is 0.444. The molecule has 3 aromatic rings. The van der Waals surface area contributed by atoms with E-state index in [1.807, 2.05) is 30.3 Å². The quantitative estimate of drug-likeness (QED) is 0.318. The van der Waals surface area contributed by atoms with Crippen molar-refractivity contribution in [3.63, 3.8) is 0 Å². The molecule has 38 heavy (non-hydrogen) atoms. The molecule has 1 saturated carbocycles. The maximum Gasteiger partial charge on any atom is 0.329 e. The summed E-state index contributed by atoms with van der Waals surface area (Å²) < 4.78 is 35.6. The van der Waals surface area contributed by atoms with E-state index in [-0.39, 0.29) is 55.3 Å². The lowest BCUT2D eigenvalue weighted by Gasteiger charge is -2.35. The highest BCUT2D eigenvalue weighted by atomic mass is 32.2. The third kappa shape index (κ3) is 5.00. The van der Waals surface area contributed by atoms with Crippen molar-refractivity contribution < 1.29 is 26.9 Å². The number of fused-ring (bicyclic) bond motifs is 1. The van der Waals surface area contributed by atoms with Crippen LogP contribution in [0.2, 0.25) is 0 Å². The van der Waals surface area contributed by atoms with Crippen LogP contribution in [-0.2, 0) is 37.5 Å². The van der Waals surface area contributed by atoms with Gasteiger partial charge in [0.15, 0.2) is 0 Å². The number of amides is 2. The van der Waals surface area contributed by atoms with Crippen LogP contribution in [0.25, 0.3) is 11.0 Å². The highest BCUT2D eigenvalue weighted by Gasteiger charge is 2.38. The van der Waals surface area contributed by atoms with Gasteiger partial charge in [0, 0.05) is 13.5 Å². The van der Waals surface area contributed by atoms with Gasteiger partial charge < -0.3 is 4.74 Å². The minimum Gasteiger partial charge on any atom is -0.497 e. The highest BCUT2D eigenvalue weighted by molar-refractivity contribution is 7.85. The molecule has 1 aliphatic heterocycles. The van der Waals surface area contributed by atoms with Crippen molar-refractivity contribution in [1.29, 1.82) is 0 Å². The Balaban J connectivity index is 1.37. The van der Waals surface area contributed by atoms with Gasteiger partial charge in [-0.05, 0) is 66.5 Å². The molecular formula is C27H31N3O7S. The number of hydrogen-bond acceptors (Lipinski definition) is 7. The summed E-state index contributed by atoms with van der Waals surface area (Å²) in [6.45, 7) is 0.315. The Labute approximate surface area is 220 Å². The lowest BCUT2D eigenvalue weighted by atomic mass is 9.72. The predicted octanol–water partition coefficient (Wildman–Crippen LogP) is 2.71. The Morgan fingerprint density at radius 3 is 2.37 bits per heavy atom. The number of ether oxygens (including phenoxy) is 1. The zero-order valence-electron chi connectivity index (χ0n) is 21.6. The van der Waals surface area contributed by atoms with E-state index in [4.69, 9.17) is 8.92 Å². The van der Waals surface area contributed by atoms with Crippen LogP contribution in [0.4, 0.5) is 0 Å². The van der Waals surface area contributed by atoms with E-state index in [0.29, 0.717) is 11.3 Å². The average Bonchev–Trinajstić information content (AvgIpc) is 3.10. The smallest absolute Gasteiger partial charge is 0.329 e. The Kier molecular flexibility index (Phi) is 6.91. The summed E-state index contributed by atoms with van der Waals surface area (Å²) >= 11 is 0. The van der Waals surface area contributed by atoms with Gasteiger partial charge in [0.2, 0.25) is 5.91 Å². The van der Waals surface area contributed by atoms with Crippen LogP contribution in [0.15, 0.2) is 47.3 Å². The topological polar surface area (TPSA) is 117 Å². The molecule has 1 aliphatic carbocycles. The molecule has 2 aromatic carbocycles. The Morgan fingerprint density at radius 2 is 1.71 bits per heavy atom. The molecule has 1 saturated heterocycles. The normalized spacial score (nSPS) is 22.1. The van der Waals surface area contributed by atoms with Crippen molar-refractivity contribution in [3.05, 3.63) is 64.1 Å². The molecule has 2 aliphatic rings. The van der Waals surface area contributed by atoms with E-state index in [9.17, 15) is 22.8 Å². The van der Waals surface area contributed by atoms with E-state index in [1.54, 1.807) is 30.9 Å². The minimum atomic E-state index is -3.46. The van der Waals surface area contributed by atoms with E-state index < -0.39 is 16.2 Å². The average molecular weight is 542 g/mol. The SMILES string of the molecule is COc1ccc(CN2C(=O)CC[C@H](n3c(=O)n(C)c4cc(C5CC(COS(C)(=O)=O)C5)ccc43)C2=O)cc1. The standard InChI is InChI=1S/C27H31N3O7S/c1-28-24-14-19(20-12-18(13-20)16-37-38(3,34)35)6-9-22(24)30(27(28)33)23-10-11-25(31)29(26(23)32)15-17-4-7-21(36-2)8-5-17/h4-9,14,18,20,23H,10-13,15-16H2,1-3H3/t18?,20?,23-/m0/s1. The van der Waals surface area contributed by atoms with Crippen LogP contribution in [0, 0.1) is 5.92 Å². The van der Waals surface area contributed by atoms with Gasteiger partial charge in [-0.15, -0.1) is 0 Å². The van der Waals surface area contributed by atoms with Crippen LogP contribution in [0.3, 0.4) is 0 Å². The molecule has 202 valence electrons. The number of aryl methyl sites for hydroxylation is 1. The molecule has 1 aromatic heterocycles. The van der Waals surface area contributed by atoms with Crippen LogP contribution in [-0.4, -0.2) is 54.2 Å². The van der Waals surface area contributed by atoms with Crippen molar-refractivity contribution in [2.75, 3.05) is 20.0 Å². The molecule has 0 bridgehead atoms. The van der Waals surface area contributed by atoms with Crippen LogP contribution < -0.4 is 10.4 Å². The molecule has 2 fully saturated rings. The summed E-state index contributed by atoms with van der Waals surface area (Å²) in [5, 5.41) is 0. The van der Waals surface area contributed by atoms with Crippen molar-refractivity contribution >= 4 is 33.0 Å². The van der Waals surface area contributed by atoms with Gasteiger partial charge in [-0.1, -0.05) is 18.2 Å². The molecule has 0 N–H and O–H groups in total. The number of imide groups is 1. The number of carbonyl (C=O) groups excluding carboxylic acids is 2. The number of carbonyl (C=O) groups is 2. The zero-order valence-corrected chi connectivity index (χ0v) is 22.4. The summed E-state index contributed by atoms with van der Waals surface area (Å²) in [5.41, 5.74) is 2.92. The number of methoxy groups -OCH3 is 1. The van der Waals surface area contributed by atoms with Gasteiger partial charge in [-0.2, -0.15) is 8.42 Å². The number of nitrogens with zero attached hydrogens (tertiary/aromatic N) is 3. The number of piperidine rings is 1. The predicted molar refractivity (Wildman–Crippen MR) is 140 cm³/mol. The maximum absolute atomic E-state index is 13.5. The van der Waals surface area contributed by atoms with Gasteiger partial charge in [0.25, 0.3) is 16.0 Å². The van der Waals surface area contributed by atoms with E-state index in [2.05, 4.69) is 0 Å². The second kappa shape index (κ2) is 10.0. The van der Waals surface area contributed by atoms with Gasteiger partial charge in [-0.25, -0.2) is 4.79 Å². The molecule has 0 unspecified atom stereocenters. The van der Waals surface area contributed by atoms with Gasteiger partial charge >= 0.3 is 5.69 Å². The first-order valence-corrected chi connectivity index (χ1v) is 14.4. The number of imidazole rings is 1. The summed E-state index contributed by atoms with van der Waals surface area (Å²) in [5.74, 6) is 0.470. The van der Waals surface area contributed by atoms with Crippen LogP contribution >= 0.6 is 0 Å². The fourth-order valence-corrected chi connectivity index (χ4v) is 5.88. The first-order valence-electron chi connectivity index (χ1n) is 12.6. The second-order valence-corrected chi connectivity index (χ2v) is 11.8. The van der Waals surface area contributed by atoms with E-state index in [0.717, 1.165) is 35.7 Å². The van der Waals surface area contributed by atoms with Crippen molar-refractivity contribution in [2.24, 2.45) is 13.0 Å². The molecular weight excluding hydrogens is 510 g/mol. The molecule has 2 heterocycles. The Morgan fingerprint density at radius 1 is 1.00 bits per heavy atom. The van der Waals surface area contributed by atoms with Crippen molar-refractivity contribution in [2.45, 2.75) is 44.2 Å². The molecule has 10 nitrogen and oxygen atoms in total. The number of rotatable bonds is 8. The highest BCUT2D eigenvalue weighted by Crippen LogP contribution is 2.42. The second-order valence-electron chi connectivity index (χ2n) is 10.2. The molecule has 0 spiro atoms. The van der Waals surface area contributed by atoms with Crippen LogP contribution in [0.5, 0.6) is 5.75 Å². The third-order valence-corrected chi connectivity index (χ3v) is 8.20. The number of benzene rings is 2. The molecule has 2 amide bonds. The largest absolute Gasteiger partial charge is 0.497 e. The molecule has 5 rings (SSSR count). The van der Waals surface area contributed by atoms with Gasteiger partial charge in [0.1, 0.15) is 11.8 Å². The number of aromatic nitrogens is 2. The van der Waals surface area contributed by atoms with Crippen LogP contribution in [0.1, 0.15) is 48.8 Å². The molecule has 0 radical (unpaired) electrons.